The molecule has 0 fully saturated rings. The van der Waals surface area contributed by atoms with Crippen molar-refractivity contribution < 1.29 is 4.74 Å². The summed E-state index contributed by atoms with van der Waals surface area (Å²) >= 11 is 0. The van der Waals surface area contributed by atoms with Crippen molar-refractivity contribution in [3.8, 4) is 0 Å². The molecule has 0 spiro atoms. The molecule has 90 valence electrons. The molecule has 1 unspecified atom stereocenters. The fourth-order valence-corrected chi connectivity index (χ4v) is 1.54. The van der Waals surface area contributed by atoms with Crippen molar-refractivity contribution in [2.75, 3.05) is 6.61 Å². The van der Waals surface area contributed by atoms with Gasteiger partial charge in [-0.15, -0.1) is 0 Å². The second-order valence-corrected chi connectivity index (χ2v) is 3.99. The number of nitrogens with one attached hydrogen (secondary N) is 1. The minimum atomic E-state index is -0.166. The zero-order valence-electron chi connectivity index (χ0n) is 10.2. The van der Waals surface area contributed by atoms with Crippen LogP contribution in [0.2, 0.25) is 0 Å². The van der Waals surface area contributed by atoms with E-state index in [0.717, 1.165) is 19.4 Å². The van der Waals surface area contributed by atoms with Crippen LogP contribution in [0.1, 0.15) is 58.8 Å². The van der Waals surface area contributed by atoms with E-state index in [4.69, 9.17) is 15.9 Å². The minimum Gasteiger partial charge on any atom is -0.385 e. The summed E-state index contributed by atoms with van der Waals surface area (Å²) in [6.07, 6.45) is 8.21. The van der Waals surface area contributed by atoms with Crippen LogP contribution in [0.25, 0.3) is 0 Å². The predicted octanol–water partition coefficient (Wildman–Crippen LogP) is 3.08. The van der Waals surface area contributed by atoms with Gasteiger partial charge < -0.3 is 10.5 Å². The topological polar surface area (TPSA) is 59.1 Å². The van der Waals surface area contributed by atoms with Crippen LogP contribution in [0.15, 0.2) is 0 Å². The van der Waals surface area contributed by atoms with Crippen LogP contribution in [-0.2, 0) is 4.74 Å². The van der Waals surface area contributed by atoms with E-state index in [2.05, 4.69) is 6.92 Å². The van der Waals surface area contributed by atoms with E-state index in [9.17, 15) is 0 Å². The van der Waals surface area contributed by atoms with Crippen LogP contribution in [0.5, 0.6) is 0 Å². The first-order chi connectivity index (χ1) is 7.22. The van der Waals surface area contributed by atoms with Gasteiger partial charge in [0.15, 0.2) is 0 Å². The fourth-order valence-electron chi connectivity index (χ4n) is 1.54. The highest BCUT2D eigenvalue weighted by Gasteiger charge is 2.08. The molecule has 0 bridgehead atoms. The van der Waals surface area contributed by atoms with Gasteiger partial charge in [-0.2, -0.15) is 0 Å². The van der Waals surface area contributed by atoms with Gasteiger partial charge in [0, 0.05) is 6.61 Å². The van der Waals surface area contributed by atoms with Crippen molar-refractivity contribution in [3.05, 3.63) is 0 Å². The molecule has 0 heterocycles. The monoisotopic (exact) mass is 214 g/mol. The summed E-state index contributed by atoms with van der Waals surface area (Å²) < 4.78 is 5.51. The standard InChI is InChI=1S/C12H26N2O/c1-3-5-6-7-8-9-10-15-11(4-2)12(13)14/h11H,3-10H2,1-2H3,(H3,13,14). The Kier molecular flexibility index (Phi) is 9.59. The Balaban J connectivity index is 3.25. The fraction of sp³-hybridized carbons (Fsp3) is 0.917. The van der Waals surface area contributed by atoms with Crippen molar-refractivity contribution in [2.24, 2.45) is 5.73 Å². The van der Waals surface area contributed by atoms with E-state index in [-0.39, 0.29) is 11.9 Å². The average Bonchev–Trinajstić information content (AvgIpc) is 2.21. The van der Waals surface area contributed by atoms with Crippen molar-refractivity contribution in [2.45, 2.75) is 64.9 Å². The number of hydrogen-bond donors (Lipinski definition) is 2. The lowest BCUT2D eigenvalue weighted by Gasteiger charge is -2.13. The summed E-state index contributed by atoms with van der Waals surface area (Å²) in [5.41, 5.74) is 5.39. The van der Waals surface area contributed by atoms with Gasteiger partial charge >= 0.3 is 0 Å². The maximum atomic E-state index is 7.28. The Morgan fingerprint density at radius 1 is 1.13 bits per heavy atom. The van der Waals surface area contributed by atoms with Gasteiger partial charge in [-0.05, 0) is 12.8 Å². The van der Waals surface area contributed by atoms with Crippen LogP contribution >= 0.6 is 0 Å². The molecular formula is C12H26N2O. The number of unbranched alkanes of at least 4 members (excludes halogenated alkanes) is 5. The van der Waals surface area contributed by atoms with E-state index in [1.165, 1.54) is 32.1 Å². The molecular weight excluding hydrogens is 188 g/mol. The minimum absolute atomic E-state index is 0.156. The molecule has 0 rings (SSSR count). The summed E-state index contributed by atoms with van der Waals surface area (Å²) in [7, 11) is 0. The normalized spacial score (nSPS) is 12.7. The number of nitrogens with two attached hydrogens (primary N) is 1. The molecule has 0 radical (unpaired) electrons. The summed E-state index contributed by atoms with van der Waals surface area (Å²) in [5.74, 6) is 0.156. The number of amidine groups is 1. The molecule has 0 saturated heterocycles. The molecule has 3 N–H and O–H groups in total. The Labute approximate surface area is 93.9 Å². The SMILES string of the molecule is CCCCCCCCOC(CC)C(=N)N. The molecule has 0 saturated carbocycles. The highest BCUT2D eigenvalue weighted by molar-refractivity contribution is 5.81. The van der Waals surface area contributed by atoms with E-state index >= 15 is 0 Å². The molecule has 0 aliphatic carbocycles. The second kappa shape index (κ2) is 9.97. The molecule has 0 aromatic heterocycles. The molecule has 3 heteroatoms. The van der Waals surface area contributed by atoms with Gasteiger partial charge in [-0.25, -0.2) is 0 Å². The quantitative estimate of drug-likeness (QED) is 0.333. The number of rotatable bonds is 10. The first kappa shape index (κ1) is 14.4. The second-order valence-electron chi connectivity index (χ2n) is 3.99. The third kappa shape index (κ3) is 8.43. The zero-order chi connectivity index (χ0) is 11.5. The molecule has 0 aromatic carbocycles. The Morgan fingerprint density at radius 2 is 1.73 bits per heavy atom. The van der Waals surface area contributed by atoms with Crippen molar-refractivity contribution in [1.82, 2.24) is 0 Å². The van der Waals surface area contributed by atoms with Crippen molar-refractivity contribution in [3.63, 3.8) is 0 Å². The lowest BCUT2D eigenvalue weighted by Crippen LogP contribution is -2.30. The van der Waals surface area contributed by atoms with Crippen molar-refractivity contribution >= 4 is 5.84 Å². The Morgan fingerprint density at radius 3 is 2.27 bits per heavy atom. The first-order valence-corrected chi connectivity index (χ1v) is 6.17. The lowest BCUT2D eigenvalue weighted by molar-refractivity contribution is 0.0905. The summed E-state index contributed by atoms with van der Waals surface area (Å²) in [5, 5.41) is 7.28. The molecule has 0 amide bonds. The van der Waals surface area contributed by atoms with Gasteiger partial charge in [-0.1, -0.05) is 46.0 Å². The molecule has 0 aliphatic rings. The maximum absolute atomic E-state index is 7.28. The van der Waals surface area contributed by atoms with Crippen LogP contribution in [-0.4, -0.2) is 18.5 Å². The highest BCUT2D eigenvalue weighted by atomic mass is 16.5. The van der Waals surface area contributed by atoms with Crippen LogP contribution in [0.3, 0.4) is 0 Å². The van der Waals surface area contributed by atoms with Gasteiger partial charge in [0.25, 0.3) is 0 Å². The third-order valence-corrected chi connectivity index (χ3v) is 2.53. The Hall–Kier alpha value is -0.570. The third-order valence-electron chi connectivity index (χ3n) is 2.53. The van der Waals surface area contributed by atoms with E-state index in [0.29, 0.717) is 0 Å². The molecule has 0 aromatic rings. The average molecular weight is 214 g/mol. The van der Waals surface area contributed by atoms with Gasteiger partial charge in [0.05, 0.1) is 0 Å². The summed E-state index contributed by atoms with van der Waals surface area (Å²) in [4.78, 5) is 0. The van der Waals surface area contributed by atoms with Crippen LogP contribution < -0.4 is 5.73 Å². The zero-order valence-corrected chi connectivity index (χ0v) is 10.2. The molecule has 3 nitrogen and oxygen atoms in total. The van der Waals surface area contributed by atoms with Crippen molar-refractivity contribution in [1.29, 1.82) is 5.41 Å². The lowest BCUT2D eigenvalue weighted by atomic mass is 10.1. The highest BCUT2D eigenvalue weighted by Crippen LogP contribution is 2.06. The van der Waals surface area contributed by atoms with Gasteiger partial charge in [0.1, 0.15) is 11.9 Å². The summed E-state index contributed by atoms with van der Waals surface area (Å²) in [6.45, 7) is 4.96. The number of hydrogen-bond acceptors (Lipinski definition) is 2. The van der Waals surface area contributed by atoms with E-state index in [1.807, 2.05) is 6.92 Å². The van der Waals surface area contributed by atoms with E-state index < -0.39 is 0 Å². The smallest absolute Gasteiger partial charge is 0.120 e. The molecule has 1 atom stereocenters. The largest absolute Gasteiger partial charge is 0.385 e. The Bertz CT molecular complexity index is 160. The predicted molar refractivity (Wildman–Crippen MR) is 65.3 cm³/mol. The maximum Gasteiger partial charge on any atom is 0.120 e. The van der Waals surface area contributed by atoms with Crippen LogP contribution in [0, 0.1) is 5.41 Å². The molecule has 15 heavy (non-hydrogen) atoms. The number of ether oxygens (including phenoxy) is 1. The van der Waals surface area contributed by atoms with Gasteiger partial charge in [-0.3, -0.25) is 5.41 Å². The van der Waals surface area contributed by atoms with E-state index in [1.54, 1.807) is 0 Å². The molecule has 0 aliphatic heterocycles. The van der Waals surface area contributed by atoms with Gasteiger partial charge in [0.2, 0.25) is 0 Å². The summed E-state index contributed by atoms with van der Waals surface area (Å²) in [6, 6.07) is 0. The van der Waals surface area contributed by atoms with Crippen LogP contribution in [0.4, 0.5) is 0 Å². The first-order valence-electron chi connectivity index (χ1n) is 6.17.